The SMILES string of the molecule is CN(C)c1cc(Nc2cccc(O)c2)nc(N2CCN(Cc3ccccc3)CC2)n1. The standard InChI is InChI=1S/C23H28N6O/c1-27(2)22-16-21(24-19-9-6-10-20(30)15-19)25-23(26-22)29-13-11-28(12-14-29)17-18-7-4-3-5-8-18/h3-10,15-16,30H,11-14,17H2,1-2H3,(H,24,25,26). The topological polar surface area (TPSA) is 67.8 Å². The molecular formula is C23H28N6O. The monoisotopic (exact) mass is 404 g/mol. The Labute approximate surface area is 177 Å². The summed E-state index contributed by atoms with van der Waals surface area (Å²) in [7, 11) is 3.95. The molecule has 0 amide bonds. The first kappa shape index (κ1) is 20.0. The zero-order valence-electron chi connectivity index (χ0n) is 17.5. The molecule has 3 aromatic rings. The van der Waals surface area contributed by atoms with E-state index in [0.29, 0.717) is 5.82 Å². The lowest BCUT2D eigenvalue weighted by atomic mass is 10.2. The van der Waals surface area contributed by atoms with Crippen molar-refractivity contribution in [3.63, 3.8) is 0 Å². The zero-order chi connectivity index (χ0) is 20.9. The average molecular weight is 405 g/mol. The van der Waals surface area contributed by atoms with Crippen molar-refractivity contribution in [3.05, 3.63) is 66.2 Å². The summed E-state index contributed by atoms with van der Waals surface area (Å²) in [6.07, 6.45) is 0. The van der Waals surface area contributed by atoms with Crippen LogP contribution >= 0.6 is 0 Å². The first-order valence-electron chi connectivity index (χ1n) is 10.2. The van der Waals surface area contributed by atoms with Crippen molar-refractivity contribution in [2.24, 2.45) is 0 Å². The number of aromatic hydroxyl groups is 1. The van der Waals surface area contributed by atoms with Gasteiger partial charge < -0.3 is 20.2 Å². The first-order chi connectivity index (χ1) is 14.6. The number of benzene rings is 2. The molecule has 30 heavy (non-hydrogen) atoms. The molecule has 0 bridgehead atoms. The van der Waals surface area contributed by atoms with Crippen molar-refractivity contribution < 1.29 is 5.11 Å². The maximum Gasteiger partial charge on any atom is 0.229 e. The van der Waals surface area contributed by atoms with Crippen molar-refractivity contribution in [2.75, 3.05) is 55.4 Å². The van der Waals surface area contributed by atoms with Gasteiger partial charge in [-0.15, -0.1) is 0 Å². The van der Waals surface area contributed by atoms with Crippen LogP contribution in [0.1, 0.15) is 5.56 Å². The molecule has 0 saturated carbocycles. The van der Waals surface area contributed by atoms with Crippen LogP contribution in [0.15, 0.2) is 60.7 Å². The first-order valence-corrected chi connectivity index (χ1v) is 10.2. The molecule has 7 heteroatoms. The molecule has 0 radical (unpaired) electrons. The number of aromatic nitrogens is 2. The summed E-state index contributed by atoms with van der Waals surface area (Å²) in [4.78, 5) is 16.2. The lowest BCUT2D eigenvalue weighted by molar-refractivity contribution is 0.249. The van der Waals surface area contributed by atoms with Crippen LogP contribution in [-0.4, -0.2) is 60.2 Å². The van der Waals surface area contributed by atoms with E-state index in [1.165, 1.54) is 5.56 Å². The number of phenols is 1. The van der Waals surface area contributed by atoms with E-state index in [1.54, 1.807) is 18.2 Å². The van der Waals surface area contributed by atoms with Gasteiger partial charge in [-0.1, -0.05) is 36.4 Å². The van der Waals surface area contributed by atoms with E-state index >= 15 is 0 Å². The molecular weight excluding hydrogens is 376 g/mol. The highest BCUT2D eigenvalue weighted by atomic mass is 16.3. The third kappa shape index (κ3) is 4.99. The van der Waals surface area contributed by atoms with Crippen molar-refractivity contribution in [1.29, 1.82) is 0 Å². The number of phenolic OH excluding ortho intramolecular Hbond substituents is 1. The molecule has 0 spiro atoms. The van der Waals surface area contributed by atoms with Crippen LogP contribution in [0.4, 0.5) is 23.3 Å². The van der Waals surface area contributed by atoms with Crippen LogP contribution < -0.4 is 15.1 Å². The van der Waals surface area contributed by atoms with Gasteiger partial charge in [-0.25, -0.2) is 0 Å². The van der Waals surface area contributed by atoms with Crippen LogP contribution in [0.3, 0.4) is 0 Å². The van der Waals surface area contributed by atoms with Gasteiger partial charge in [0.25, 0.3) is 0 Å². The number of hydrogen-bond acceptors (Lipinski definition) is 7. The quantitative estimate of drug-likeness (QED) is 0.653. The summed E-state index contributed by atoms with van der Waals surface area (Å²) in [5.74, 6) is 2.50. The van der Waals surface area contributed by atoms with Crippen LogP contribution in [-0.2, 0) is 6.54 Å². The van der Waals surface area contributed by atoms with E-state index in [4.69, 9.17) is 9.97 Å². The fraction of sp³-hybridized carbons (Fsp3) is 0.304. The maximum atomic E-state index is 9.73. The Morgan fingerprint density at radius 1 is 0.933 bits per heavy atom. The minimum atomic E-state index is 0.219. The van der Waals surface area contributed by atoms with Gasteiger partial charge in [-0.3, -0.25) is 4.90 Å². The van der Waals surface area contributed by atoms with Gasteiger partial charge in [0, 0.05) is 64.6 Å². The number of rotatable bonds is 6. The fourth-order valence-electron chi connectivity index (χ4n) is 3.54. The second-order valence-corrected chi connectivity index (χ2v) is 7.73. The molecule has 2 heterocycles. The van der Waals surface area contributed by atoms with Crippen molar-refractivity contribution in [1.82, 2.24) is 14.9 Å². The van der Waals surface area contributed by atoms with Crippen molar-refractivity contribution in [2.45, 2.75) is 6.54 Å². The van der Waals surface area contributed by atoms with Crippen LogP contribution in [0.5, 0.6) is 5.75 Å². The van der Waals surface area contributed by atoms with Crippen molar-refractivity contribution >= 4 is 23.3 Å². The lowest BCUT2D eigenvalue weighted by Gasteiger charge is -2.35. The molecule has 7 nitrogen and oxygen atoms in total. The Kier molecular flexibility index (Phi) is 5.99. The highest BCUT2D eigenvalue weighted by molar-refractivity contribution is 5.62. The van der Waals surface area contributed by atoms with Gasteiger partial charge in [-0.05, 0) is 17.7 Å². The van der Waals surface area contributed by atoms with Gasteiger partial charge in [-0.2, -0.15) is 9.97 Å². The fourth-order valence-corrected chi connectivity index (χ4v) is 3.54. The number of nitrogens with zero attached hydrogens (tertiary/aromatic N) is 5. The molecule has 1 aliphatic heterocycles. The second-order valence-electron chi connectivity index (χ2n) is 7.73. The Balaban J connectivity index is 1.47. The van der Waals surface area contributed by atoms with Crippen LogP contribution in [0.25, 0.3) is 0 Å². The molecule has 4 rings (SSSR count). The van der Waals surface area contributed by atoms with E-state index in [2.05, 4.69) is 45.4 Å². The van der Waals surface area contributed by atoms with E-state index in [9.17, 15) is 5.11 Å². The minimum Gasteiger partial charge on any atom is -0.508 e. The van der Waals surface area contributed by atoms with Gasteiger partial charge in [0.05, 0.1) is 0 Å². The molecule has 2 aromatic carbocycles. The number of nitrogens with one attached hydrogen (secondary N) is 1. The van der Waals surface area contributed by atoms with Crippen LogP contribution in [0.2, 0.25) is 0 Å². The summed E-state index contributed by atoms with van der Waals surface area (Å²) >= 11 is 0. The summed E-state index contributed by atoms with van der Waals surface area (Å²) in [6.45, 7) is 4.68. The number of piperazine rings is 1. The molecule has 0 unspecified atom stereocenters. The van der Waals surface area contributed by atoms with Gasteiger partial charge in [0.1, 0.15) is 17.4 Å². The third-order valence-corrected chi connectivity index (χ3v) is 5.18. The van der Waals surface area contributed by atoms with Crippen LogP contribution in [0, 0.1) is 0 Å². The van der Waals surface area contributed by atoms with Gasteiger partial charge in [0.15, 0.2) is 0 Å². The van der Waals surface area contributed by atoms with E-state index in [0.717, 1.165) is 50.2 Å². The molecule has 1 aliphatic rings. The van der Waals surface area contributed by atoms with Gasteiger partial charge >= 0.3 is 0 Å². The smallest absolute Gasteiger partial charge is 0.229 e. The van der Waals surface area contributed by atoms with E-state index in [-0.39, 0.29) is 5.75 Å². The normalized spacial score (nSPS) is 14.5. The highest BCUT2D eigenvalue weighted by Crippen LogP contribution is 2.24. The Bertz CT molecular complexity index is 970. The van der Waals surface area contributed by atoms with Crippen molar-refractivity contribution in [3.8, 4) is 5.75 Å². The summed E-state index contributed by atoms with van der Waals surface area (Å²) in [5.41, 5.74) is 2.13. The average Bonchev–Trinajstić information content (AvgIpc) is 2.75. The predicted octanol–water partition coefficient (Wildman–Crippen LogP) is 3.31. The van der Waals surface area contributed by atoms with Gasteiger partial charge in [0.2, 0.25) is 5.95 Å². The lowest BCUT2D eigenvalue weighted by Crippen LogP contribution is -2.46. The molecule has 2 N–H and O–H groups in total. The Morgan fingerprint density at radius 2 is 1.70 bits per heavy atom. The molecule has 1 saturated heterocycles. The summed E-state index contributed by atoms with van der Waals surface area (Å²) in [5, 5.41) is 13.0. The summed E-state index contributed by atoms with van der Waals surface area (Å²) < 4.78 is 0. The van der Waals surface area contributed by atoms with E-state index < -0.39 is 0 Å². The maximum absolute atomic E-state index is 9.73. The molecule has 1 aromatic heterocycles. The Hall–Kier alpha value is -3.32. The zero-order valence-corrected chi connectivity index (χ0v) is 17.5. The molecule has 156 valence electrons. The molecule has 1 fully saturated rings. The minimum absolute atomic E-state index is 0.219. The predicted molar refractivity (Wildman–Crippen MR) is 122 cm³/mol. The third-order valence-electron chi connectivity index (χ3n) is 5.18. The second kappa shape index (κ2) is 9.00. The summed E-state index contributed by atoms with van der Waals surface area (Å²) in [6, 6.07) is 19.5. The largest absolute Gasteiger partial charge is 0.508 e. The molecule has 0 aliphatic carbocycles. The number of anilines is 4. The molecule has 0 atom stereocenters. The van der Waals surface area contributed by atoms with E-state index in [1.807, 2.05) is 31.1 Å². The number of hydrogen-bond donors (Lipinski definition) is 2. The Morgan fingerprint density at radius 3 is 2.40 bits per heavy atom. The highest BCUT2D eigenvalue weighted by Gasteiger charge is 2.20.